The molecule has 6 rings (SSSR count). The lowest BCUT2D eigenvalue weighted by Crippen LogP contribution is -2.46. The molecule has 1 aromatic carbocycles. The van der Waals surface area contributed by atoms with Crippen molar-refractivity contribution in [3.05, 3.63) is 62.5 Å². The topological polar surface area (TPSA) is 79.6 Å². The molecule has 2 fully saturated rings. The van der Waals surface area contributed by atoms with E-state index in [2.05, 4.69) is 52.6 Å². The Balaban J connectivity index is 1.22. The van der Waals surface area contributed by atoms with Crippen LogP contribution in [-0.2, 0) is 0 Å². The minimum Gasteiger partial charge on any atom is -0.349 e. The monoisotopic (exact) mass is 519 g/mol. The van der Waals surface area contributed by atoms with Crippen LogP contribution in [0.4, 0.5) is 0 Å². The number of imidazole rings is 1. The highest BCUT2D eigenvalue weighted by atomic mass is 32.1. The van der Waals surface area contributed by atoms with E-state index in [1.807, 2.05) is 30.9 Å². The Morgan fingerprint density at radius 1 is 1.06 bits per heavy atom. The van der Waals surface area contributed by atoms with Crippen molar-refractivity contribution in [1.29, 1.82) is 0 Å². The molecule has 7 nitrogen and oxygen atoms in total. The number of carbonyl (C=O) groups excluding carboxylic acids is 2. The summed E-state index contributed by atoms with van der Waals surface area (Å²) in [4.78, 5) is 41.1. The Hall–Kier alpha value is -3.04. The third kappa shape index (κ3) is 3.76. The SMILES string of the molecule is Cc1cccc(-c2sc(C)nc2C(=O)N2C[C@H]3C[C@H]3[C@H]2CNC(=O)c2nc3sc(C)c(C)n3c2C)c1. The fourth-order valence-electron chi connectivity index (χ4n) is 5.56. The van der Waals surface area contributed by atoms with Crippen molar-refractivity contribution in [2.45, 2.75) is 47.1 Å². The molecule has 0 bridgehead atoms. The molecule has 1 N–H and O–H groups in total. The van der Waals surface area contributed by atoms with Crippen LogP contribution in [0.2, 0.25) is 0 Å². The first-order valence-electron chi connectivity index (χ1n) is 12.3. The fourth-order valence-corrected chi connectivity index (χ4v) is 7.48. The van der Waals surface area contributed by atoms with Gasteiger partial charge in [0.25, 0.3) is 11.8 Å². The standard InChI is InChI=1S/C27H29N5O2S2/c1-13-7-6-8-18(9-13)24-23(29-17(5)36-24)26(34)31-12-19-10-20(19)21(31)11-28-25(33)22-15(3)32-14(2)16(4)35-27(32)30-22/h6-9,19-21H,10-12H2,1-5H3,(H,28,33)/t19-,20-,21-/m1/s1. The molecular weight excluding hydrogens is 490 g/mol. The summed E-state index contributed by atoms with van der Waals surface area (Å²) in [5.74, 6) is 0.741. The van der Waals surface area contributed by atoms with Crippen molar-refractivity contribution < 1.29 is 9.59 Å². The van der Waals surface area contributed by atoms with Gasteiger partial charge in [0, 0.05) is 23.7 Å². The van der Waals surface area contributed by atoms with E-state index < -0.39 is 0 Å². The van der Waals surface area contributed by atoms with Crippen molar-refractivity contribution in [1.82, 2.24) is 24.6 Å². The lowest BCUT2D eigenvalue weighted by atomic mass is 10.1. The van der Waals surface area contributed by atoms with Crippen LogP contribution in [0, 0.1) is 46.5 Å². The average molecular weight is 520 g/mol. The highest BCUT2D eigenvalue weighted by molar-refractivity contribution is 7.17. The van der Waals surface area contributed by atoms with Crippen LogP contribution in [0.25, 0.3) is 15.4 Å². The van der Waals surface area contributed by atoms with Gasteiger partial charge in [-0.3, -0.25) is 14.0 Å². The summed E-state index contributed by atoms with van der Waals surface area (Å²) >= 11 is 3.16. The van der Waals surface area contributed by atoms with E-state index in [0.29, 0.717) is 29.8 Å². The Bertz CT molecular complexity index is 1530. The van der Waals surface area contributed by atoms with Gasteiger partial charge in [0.15, 0.2) is 10.7 Å². The summed E-state index contributed by atoms with van der Waals surface area (Å²) < 4.78 is 2.05. The van der Waals surface area contributed by atoms with Crippen LogP contribution in [0.3, 0.4) is 0 Å². The Morgan fingerprint density at radius 3 is 2.61 bits per heavy atom. The molecule has 186 valence electrons. The van der Waals surface area contributed by atoms with Crippen LogP contribution < -0.4 is 5.32 Å². The normalized spacial score (nSPS) is 20.7. The van der Waals surface area contributed by atoms with E-state index in [9.17, 15) is 9.59 Å². The summed E-state index contributed by atoms with van der Waals surface area (Å²) in [6.45, 7) is 11.2. The smallest absolute Gasteiger partial charge is 0.274 e. The number of nitrogens with zero attached hydrogens (tertiary/aromatic N) is 4. The van der Waals surface area contributed by atoms with Gasteiger partial charge in [-0.15, -0.1) is 22.7 Å². The van der Waals surface area contributed by atoms with Crippen LogP contribution in [0.15, 0.2) is 24.3 Å². The van der Waals surface area contributed by atoms with Gasteiger partial charge in [-0.1, -0.05) is 29.8 Å². The largest absolute Gasteiger partial charge is 0.349 e. The van der Waals surface area contributed by atoms with Gasteiger partial charge in [0.1, 0.15) is 5.69 Å². The van der Waals surface area contributed by atoms with Gasteiger partial charge in [0.05, 0.1) is 21.6 Å². The maximum atomic E-state index is 13.8. The molecule has 36 heavy (non-hydrogen) atoms. The quantitative estimate of drug-likeness (QED) is 0.405. The second-order valence-corrected chi connectivity index (χ2v) is 12.5. The summed E-state index contributed by atoms with van der Waals surface area (Å²) in [7, 11) is 0. The molecule has 1 aliphatic carbocycles. The average Bonchev–Trinajstić information content (AvgIpc) is 3.09. The molecule has 0 radical (unpaired) electrons. The maximum Gasteiger partial charge on any atom is 0.274 e. The predicted octanol–water partition coefficient (Wildman–Crippen LogP) is 4.95. The van der Waals surface area contributed by atoms with Crippen LogP contribution >= 0.6 is 22.7 Å². The molecule has 1 saturated carbocycles. The Labute approximate surface area is 218 Å². The first-order chi connectivity index (χ1) is 17.2. The molecule has 9 heteroatoms. The van der Waals surface area contributed by atoms with Gasteiger partial charge in [-0.25, -0.2) is 9.97 Å². The lowest BCUT2D eigenvalue weighted by Gasteiger charge is -2.27. The van der Waals surface area contributed by atoms with E-state index in [0.717, 1.165) is 50.3 Å². The molecule has 4 aromatic rings. The molecule has 0 unspecified atom stereocenters. The zero-order chi connectivity index (χ0) is 25.3. The summed E-state index contributed by atoms with van der Waals surface area (Å²) in [6.07, 6.45) is 1.11. The third-order valence-electron chi connectivity index (χ3n) is 7.63. The van der Waals surface area contributed by atoms with Gasteiger partial charge in [-0.05, 0) is 58.4 Å². The van der Waals surface area contributed by atoms with Gasteiger partial charge >= 0.3 is 0 Å². The van der Waals surface area contributed by atoms with Gasteiger partial charge in [0.2, 0.25) is 0 Å². The highest BCUT2D eigenvalue weighted by Crippen LogP contribution is 2.50. The summed E-state index contributed by atoms with van der Waals surface area (Å²) in [5.41, 5.74) is 5.14. The second kappa shape index (κ2) is 8.52. The molecule has 1 saturated heterocycles. The van der Waals surface area contributed by atoms with E-state index >= 15 is 0 Å². The number of hydrogen-bond acceptors (Lipinski definition) is 6. The van der Waals surface area contributed by atoms with Crippen molar-refractivity contribution in [2.24, 2.45) is 11.8 Å². The first kappa shape index (κ1) is 23.4. The number of fused-ring (bicyclic) bond motifs is 2. The minimum absolute atomic E-state index is 0.0214. The molecule has 2 aliphatic rings. The highest BCUT2D eigenvalue weighted by Gasteiger charge is 2.54. The van der Waals surface area contributed by atoms with Crippen LogP contribution in [-0.4, -0.2) is 50.2 Å². The Kier molecular flexibility index (Phi) is 5.53. The van der Waals surface area contributed by atoms with Crippen molar-refractivity contribution >= 4 is 39.4 Å². The maximum absolute atomic E-state index is 13.8. The number of thiazole rings is 2. The number of aromatic nitrogens is 3. The zero-order valence-electron chi connectivity index (χ0n) is 21.1. The fraction of sp³-hybridized carbons (Fsp3) is 0.407. The van der Waals surface area contributed by atoms with E-state index in [1.165, 1.54) is 4.88 Å². The number of piperidine rings is 1. The number of rotatable bonds is 5. The summed E-state index contributed by atoms with van der Waals surface area (Å²) in [5, 5.41) is 3.98. The number of aryl methyl sites for hydroxylation is 5. The molecule has 1 aliphatic heterocycles. The van der Waals surface area contributed by atoms with Crippen molar-refractivity contribution in [2.75, 3.05) is 13.1 Å². The van der Waals surface area contributed by atoms with E-state index in [1.54, 1.807) is 22.7 Å². The molecule has 0 spiro atoms. The third-order valence-corrected chi connectivity index (χ3v) is 9.71. The number of nitrogens with one attached hydrogen (secondary N) is 1. The number of hydrogen-bond donors (Lipinski definition) is 1. The van der Waals surface area contributed by atoms with Crippen LogP contribution in [0.1, 0.15) is 54.2 Å². The molecule has 3 aromatic heterocycles. The van der Waals surface area contributed by atoms with Crippen LogP contribution in [0.5, 0.6) is 0 Å². The second-order valence-electron chi connectivity index (χ2n) is 10.1. The molecule has 2 amide bonds. The van der Waals surface area contributed by atoms with Crippen molar-refractivity contribution in [3.63, 3.8) is 0 Å². The predicted molar refractivity (Wildman–Crippen MR) is 143 cm³/mol. The first-order valence-corrected chi connectivity index (χ1v) is 13.9. The Morgan fingerprint density at radius 2 is 1.86 bits per heavy atom. The van der Waals surface area contributed by atoms with Gasteiger partial charge < -0.3 is 10.2 Å². The zero-order valence-corrected chi connectivity index (χ0v) is 22.7. The number of amides is 2. The molecule has 3 atom stereocenters. The van der Waals surface area contributed by atoms with E-state index in [-0.39, 0.29) is 17.9 Å². The summed E-state index contributed by atoms with van der Waals surface area (Å²) in [6, 6.07) is 8.19. The lowest BCUT2D eigenvalue weighted by molar-refractivity contribution is 0.0690. The number of likely N-dealkylation sites (tertiary alicyclic amines) is 1. The number of benzene rings is 1. The van der Waals surface area contributed by atoms with E-state index in [4.69, 9.17) is 0 Å². The molecule has 4 heterocycles. The number of carbonyl (C=O) groups is 2. The molecular formula is C27H29N5O2S2. The minimum atomic E-state index is -0.179. The van der Waals surface area contributed by atoms with Crippen molar-refractivity contribution in [3.8, 4) is 10.4 Å². The van der Waals surface area contributed by atoms with Gasteiger partial charge in [-0.2, -0.15) is 0 Å².